The molecule has 2 heterocycles. The summed E-state index contributed by atoms with van der Waals surface area (Å²) in [5, 5.41) is 11.0. The molecule has 1 atom stereocenters. The number of hydrogen-bond donors (Lipinski definition) is 2. The van der Waals surface area contributed by atoms with Crippen LogP contribution >= 0.6 is 24.0 Å². The highest BCUT2D eigenvalue weighted by Crippen LogP contribution is 2.35. The van der Waals surface area contributed by atoms with Crippen LogP contribution in [0.25, 0.3) is 0 Å². The van der Waals surface area contributed by atoms with E-state index in [0.717, 1.165) is 55.5 Å². The van der Waals surface area contributed by atoms with E-state index in [9.17, 15) is 0 Å². The SMILES string of the molecule is CCNC(=NCc1cc2c(cc1OCC)CC(C)O2)NCCCn1cc(C)cn1.I. The predicted octanol–water partition coefficient (Wildman–Crippen LogP) is 3.68. The fraction of sp³-hybridized carbons (Fsp3) is 0.545. The van der Waals surface area contributed by atoms with Crippen molar-refractivity contribution in [2.45, 2.75) is 59.7 Å². The first kappa shape index (κ1) is 24.3. The third-order valence-electron chi connectivity index (χ3n) is 4.75. The molecule has 0 saturated carbocycles. The van der Waals surface area contributed by atoms with Crippen LogP contribution in [0, 0.1) is 6.92 Å². The number of halogens is 1. The summed E-state index contributed by atoms with van der Waals surface area (Å²) in [6.07, 6.45) is 6.07. The van der Waals surface area contributed by atoms with Crippen molar-refractivity contribution < 1.29 is 9.47 Å². The van der Waals surface area contributed by atoms with Crippen LogP contribution in [0.2, 0.25) is 0 Å². The fourth-order valence-electron chi connectivity index (χ4n) is 3.44. The van der Waals surface area contributed by atoms with E-state index >= 15 is 0 Å². The van der Waals surface area contributed by atoms with Gasteiger partial charge in [-0.3, -0.25) is 4.68 Å². The monoisotopic (exact) mass is 527 g/mol. The highest BCUT2D eigenvalue weighted by atomic mass is 127. The second kappa shape index (κ2) is 12.0. The number of ether oxygens (including phenoxy) is 2. The Morgan fingerprint density at radius 3 is 2.87 bits per heavy atom. The molecule has 0 bridgehead atoms. The average molecular weight is 527 g/mol. The van der Waals surface area contributed by atoms with Gasteiger partial charge < -0.3 is 20.1 Å². The third-order valence-corrected chi connectivity index (χ3v) is 4.75. The summed E-state index contributed by atoms with van der Waals surface area (Å²) in [6.45, 7) is 11.9. The number of fused-ring (bicyclic) bond motifs is 1. The van der Waals surface area contributed by atoms with Crippen molar-refractivity contribution in [3.63, 3.8) is 0 Å². The summed E-state index contributed by atoms with van der Waals surface area (Å²) in [7, 11) is 0. The molecule has 0 aliphatic carbocycles. The van der Waals surface area contributed by atoms with E-state index in [1.807, 2.05) is 17.8 Å². The molecule has 1 aliphatic rings. The number of nitrogens with one attached hydrogen (secondary N) is 2. The zero-order valence-electron chi connectivity index (χ0n) is 18.4. The first-order valence-electron chi connectivity index (χ1n) is 10.6. The largest absolute Gasteiger partial charge is 0.494 e. The van der Waals surface area contributed by atoms with Crippen molar-refractivity contribution in [2.75, 3.05) is 19.7 Å². The summed E-state index contributed by atoms with van der Waals surface area (Å²) in [4.78, 5) is 4.76. The number of guanidine groups is 1. The van der Waals surface area contributed by atoms with E-state index in [-0.39, 0.29) is 30.1 Å². The summed E-state index contributed by atoms with van der Waals surface area (Å²) >= 11 is 0. The molecule has 0 radical (unpaired) electrons. The highest BCUT2D eigenvalue weighted by Gasteiger charge is 2.21. The molecule has 8 heteroatoms. The lowest BCUT2D eigenvalue weighted by molar-refractivity contribution is 0.254. The van der Waals surface area contributed by atoms with Gasteiger partial charge in [0.2, 0.25) is 0 Å². The number of hydrogen-bond acceptors (Lipinski definition) is 4. The molecule has 2 aromatic rings. The summed E-state index contributed by atoms with van der Waals surface area (Å²) in [5.74, 6) is 2.66. The average Bonchev–Trinajstić information content (AvgIpc) is 3.27. The van der Waals surface area contributed by atoms with Gasteiger partial charge in [0, 0.05) is 43.4 Å². The van der Waals surface area contributed by atoms with E-state index in [1.165, 1.54) is 11.1 Å². The first-order chi connectivity index (χ1) is 14.1. The van der Waals surface area contributed by atoms with Crippen molar-refractivity contribution >= 4 is 29.9 Å². The lowest BCUT2D eigenvalue weighted by Gasteiger charge is -2.14. The Morgan fingerprint density at radius 1 is 1.33 bits per heavy atom. The topological polar surface area (TPSA) is 72.7 Å². The molecule has 1 aliphatic heterocycles. The number of rotatable bonds is 9. The zero-order chi connectivity index (χ0) is 20.6. The molecule has 3 rings (SSSR count). The second-order valence-electron chi connectivity index (χ2n) is 7.39. The van der Waals surface area contributed by atoms with Crippen LogP contribution in [0.15, 0.2) is 29.5 Å². The number of aliphatic imine (C=N–C) groups is 1. The first-order valence-corrected chi connectivity index (χ1v) is 10.6. The molecule has 0 amide bonds. The minimum Gasteiger partial charge on any atom is -0.494 e. The van der Waals surface area contributed by atoms with Crippen molar-refractivity contribution in [1.82, 2.24) is 20.4 Å². The highest BCUT2D eigenvalue weighted by molar-refractivity contribution is 14.0. The second-order valence-corrected chi connectivity index (χ2v) is 7.39. The minimum absolute atomic E-state index is 0. The van der Waals surface area contributed by atoms with E-state index in [4.69, 9.17) is 14.5 Å². The molecular weight excluding hydrogens is 493 g/mol. The fourth-order valence-corrected chi connectivity index (χ4v) is 3.44. The van der Waals surface area contributed by atoms with Crippen LogP contribution in [-0.4, -0.2) is 41.5 Å². The standard InChI is InChI=1S/C22H33N5O2.HI/c1-5-23-22(24-8-7-9-27-15-16(3)13-26-27)25-14-19-12-21-18(10-17(4)29-21)11-20(19)28-6-2;/h11-13,15,17H,5-10,14H2,1-4H3,(H2,23,24,25);1H. The number of aryl methyl sites for hydroxylation is 2. The van der Waals surface area contributed by atoms with Gasteiger partial charge in [-0.25, -0.2) is 4.99 Å². The van der Waals surface area contributed by atoms with Gasteiger partial charge in [0.05, 0.1) is 19.3 Å². The van der Waals surface area contributed by atoms with Crippen molar-refractivity contribution in [3.05, 3.63) is 41.2 Å². The molecule has 166 valence electrons. The summed E-state index contributed by atoms with van der Waals surface area (Å²) < 4.78 is 13.8. The summed E-state index contributed by atoms with van der Waals surface area (Å²) in [6, 6.07) is 4.19. The van der Waals surface area contributed by atoms with Crippen LogP contribution in [0.5, 0.6) is 11.5 Å². The lowest BCUT2D eigenvalue weighted by Crippen LogP contribution is -2.38. The Balaban J connectivity index is 0.00000320. The minimum atomic E-state index is 0. The predicted molar refractivity (Wildman–Crippen MR) is 131 cm³/mol. The van der Waals surface area contributed by atoms with E-state index in [1.54, 1.807) is 0 Å². The Labute approximate surface area is 196 Å². The van der Waals surface area contributed by atoms with Gasteiger partial charge in [-0.15, -0.1) is 24.0 Å². The van der Waals surface area contributed by atoms with Gasteiger partial charge in [-0.2, -0.15) is 5.10 Å². The quantitative estimate of drug-likeness (QED) is 0.225. The maximum atomic E-state index is 5.91. The Hall–Kier alpha value is -1.97. The van der Waals surface area contributed by atoms with Gasteiger partial charge in [0.15, 0.2) is 5.96 Å². The normalized spacial score (nSPS) is 15.2. The van der Waals surface area contributed by atoms with Crippen LogP contribution in [0.1, 0.15) is 43.9 Å². The van der Waals surface area contributed by atoms with E-state index in [0.29, 0.717) is 13.2 Å². The Kier molecular flexibility index (Phi) is 9.74. The molecule has 0 saturated heterocycles. The van der Waals surface area contributed by atoms with Crippen molar-refractivity contribution in [3.8, 4) is 11.5 Å². The Morgan fingerprint density at radius 2 is 2.17 bits per heavy atom. The zero-order valence-corrected chi connectivity index (χ0v) is 20.7. The maximum Gasteiger partial charge on any atom is 0.191 e. The Bertz CT molecular complexity index is 837. The molecule has 30 heavy (non-hydrogen) atoms. The van der Waals surface area contributed by atoms with Crippen LogP contribution < -0.4 is 20.1 Å². The molecule has 2 N–H and O–H groups in total. The molecule has 1 aromatic carbocycles. The van der Waals surface area contributed by atoms with Crippen molar-refractivity contribution in [2.24, 2.45) is 4.99 Å². The molecular formula is C22H34IN5O2. The van der Waals surface area contributed by atoms with Gasteiger partial charge in [0.25, 0.3) is 0 Å². The number of aromatic nitrogens is 2. The van der Waals surface area contributed by atoms with Gasteiger partial charge in [0.1, 0.15) is 17.6 Å². The lowest BCUT2D eigenvalue weighted by atomic mass is 10.1. The molecule has 0 spiro atoms. The summed E-state index contributed by atoms with van der Waals surface area (Å²) in [5.41, 5.74) is 3.45. The van der Waals surface area contributed by atoms with Gasteiger partial charge >= 0.3 is 0 Å². The van der Waals surface area contributed by atoms with Crippen molar-refractivity contribution in [1.29, 1.82) is 0 Å². The smallest absolute Gasteiger partial charge is 0.191 e. The third kappa shape index (κ3) is 6.78. The van der Waals surface area contributed by atoms with E-state index < -0.39 is 0 Å². The number of nitrogens with zero attached hydrogens (tertiary/aromatic N) is 3. The van der Waals surface area contributed by atoms with Gasteiger partial charge in [-0.1, -0.05) is 0 Å². The van der Waals surface area contributed by atoms with E-state index in [2.05, 4.69) is 54.8 Å². The molecule has 1 aromatic heterocycles. The molecule has 7 nitrogen and oxygen atoms in total. The van der Waals surface area contributed by atoms with Gasteiger partial charge in [-0.05, 0) is 51.8 Å². The molecule has 0 fully saturated rings. The molecule has 1 unspecified atom stereocenters. The van der Waals surface area contributed by atoms with Crippen LogP contribution in [0.4, 0.5) is 0 Å². The van der Waals surface area contributed by atoms with Crippen LogP contribution in [0.3, 0.4) is 0 Å². The van der Waals surface area contributed by atoms with Crippen LogP contribution in [-0.2, 0) is 19.5 Å². The number of benzene rings is 1. The maximum absolute atomic E-state index is 5.91.